The maximum atomic E-state index is 12.9. The summed E-state index contributed by atoms with van der Waals surface area (Å²) in [5.74, 6) is -1.63. The summed E-state index contributed by atoms with van der Waals surface area (Å²) in [6, 6.07) is 7.79. The highest BCUT2D eigenvalue weighted by Crippen LogP contribution is 2.24. The number of hydrogen-bond acceptors (Lipinski definition) is 4. The maximum absolute atomic E-state index is 12.9. The van der Waals surface area contributed by atoms with Gasteiger partial charge in [-0.1, -0.05) is 17.3 Å². The van der Waals surface area contributed by atoms with E-state index in [1.165, 1.54) is 0 Å². The Bertz CT molecular complexity index is 814. The number of nitrogens with zero attached hydrogens (tertiary/aromatic N) is 4. The fourth-order valence-corrected chi connectivity index (χ4v) is 3.26. The Kier molecular flexibility index (Phi) is 4.57. The number of piperidine rings is 1. The van der Waals surface area contributed by atoms with Crippen LogP contribution < -0.4 is 0 Å². The van der Waals surface area contributed by atoms with Crippen molar-refractivity contribution < 1.29 is 14.7 Å². The van der Waals surface area contributed by atoms with Gasteiger partial charge < -0.3 is 10.0 Å². The molecule has 0 saturated carbocycles. The third kappa shape index (κ3) is 3.26. The summed E-state index contributed by atoms with van der Waals surface area (Å²) >= 11 is 0. The number of carbonyl (C=O) groups is 2. The zero-order valence-electron chi connectivity index (χ0n) is 14.6. The second-order valence-corrected chi connectivity index (χ2v) is 6.69. The predicted molar refractivity (Wildman–Crippen MR) is 91.7 cm³/mol. The predicted octanol–water partition coefficient (Wildman–Crippen LogP) is 2.21. The first-order valence-electron chi connectivity index (χ1n) is 8.41. The molecule has 2 aromatic rings. The fraction of sp³-hybridized carbons (Fsp3) is 0.444. The molecule has 0 bridgehead atoms. The first-order chi connectivity index (χ1) is 11.9. The molecule has 7 heteroatoms. The van der Waals surface area contributed by atoms with Gasteiger partial charge in [0.2, 0.25) is 0 Å². The molecule has 1 fully saturated rings. The van der Waals surface area contributed by atoms with Gasteiger partial charge in [0.25, 0.3) is 5.91 Å². The minimum atomic E-state index is -0.857. The van der Waals surface area contributed by atoms with Gasteiger partial charge in [-0.15, -0.1) is 5.10 Å². The lowest BCUT2D eigenvalue weighted by Gasteiger charge is -2.36. The molecule has 2 unspecified atom stereocenters. The minimum absolute atomic E-state index is 0.00776. The van der Waals surface area contributed by atoms with Crippen molar-refractivity contribution in [2.45, 2.75) is 39.7 Å². The van der Waals surface area contributed by atoms with E-state index in [4.69, 9.17) is 0 Å². The van der Waals surface area contributed by atoms with Crippen LogP contribution in [0.25, 0.3) is 5.69 Å². The van der Waals surface area contributed by atoms with E-state index in [-0.39, 0.29) is 24.2 Å². The molecule has 132 valence electrons. The Hall–Kier alpha value is -2.70. The van der Waals surface area contributed by atoms with Gasteiger partial charge in [0, 0.05) is 12.6 Å². The van der Waals surface area contributed by atoms with Crippen LogP contribution in [0, 0.1) is 19.8 Å². The van der Waals surface area contributed by atoms with Gasteiger partial charge in [-0.3, -0.25) is 9.59 Å². The fourth-order valence-electron chi connectivity index (χ4n) is 3.26. The van der Waals surface area contributed by atoms with Crippen LogP contribution in [0.4, 0.5) is 0 Å². The molecule has 1 aliphatic heterocycles. The minimum Gasteiger partial charge on any atom is -0.481 e. The number of aliphatic carboxylic acids is 1. The van der Waals surface area contributed by atoms with Gasteiger partial charge in [-0.25, -0.2) is 4.68 Å². The Morgan fingerprint density at radius 1 is 1.24 bits per heavy atom. The number of aryl methyl sites for hydroxylation is 1. The van der Waals surface area contributed by atoms with Crippen molar-refractivity contribution in [2.75, 3.05) is 6.54 Å². The molecule has 1 N–H and O–H groups in total. The molecule has 7 nitrogen and oxygen atoms in total. The Balaban J connectivity index is 1.89. The van der Waals surface area contributed by atoms with Crippen molar-refractivity contribution in [2.24, 2.45) is 5.92 Å². The SMILES string of the molecule is Cc1cccc(-n2nnc(C(=O)N3CC(C(=O)O)CCC3C)c2C)c1. The summed E-state index contributed by atoms with van der Waals surface area (Å²) in [6.45, 7) is 5.95. The highest BCUT2D eigenvalue weighted by Gasteiger charge is 2.34. The van der Waals surface area contributed by atoms with Crippen LogP contribution in [0.2, 0.25) is 0 Å². The molecule has 0 aliphatic carbocycles. The molecule has 1 saturated heterocycles. The van der Waals surface area contributed by atoms with Crippen molar-refractivity contribution in [3.8, 4) is 5.69 Å². The van der Waals surface area contributed by atoms with Crippen molar-refractivity contribution >= 4 is 11.9 Å². The summed E-state index contributed by atoms with van der Waals surface area (Å²) in [5, 5.41) is 17.5. The van der Waals surface area contributed by atoms with E-state index in [1.807, 2.05) is 38.1 Å². The summed E-state index contributed by atoms with van der Waals surface area (Å²) in [4.78, 5) is 25.8. The average Bonchev–Trinajstić information content (AvgIpc) is 2.96. The summed E-state index contributed by atoms with van der Waals surface area (Å²) < 4.78 is 1.64. The lowest BCUT2D eigenvalue weighted by atomic mass is 9.93. The van der Waals surface area contributed by atoms with Crippen molar-refractivity contribution in [1.29, 1.82) is 0 Å². The van der Waals surface area contributed by atoms with E-state index in [9.17, 15) is 14.7 Å². The molecule has 2 atom stereocenters. The first-order valence-corrected chi connectivity index (χ1v) is 8.41. The van der Waals surface area contributed by atoms with Gasteiger partial charge in [0.1, 0.15) is 0 Å². The monoisotopic (exact) mass is 342 g/mol. The Morgan fingerprint density at radius 2 is 2.00 bits per heavy atom. The number of benzene rings is 1. The van der Waals surface area contributed by atoms with Gasteiger partial charge in [0.05, 0.1) is 17.3 Å². The topological polar surface area (TPSA) is 88.3 Å². The van der Waals surface area contributed by atoms with Crippen LogP contribution in [0.15, 0.2) is 24.3 Å². The molecule has 1 aromatic carbocycles. The molecular formula is C18H22N4O3. The molecule has 0 spiro atoms. The average molecular weight is 342 g/mol. The van der Waals surface area contributed by atoms with E-state index in [1.54, 1.807) is 16.5 Å². The van der Waals surface area contributed by atoms with Crippen LogP contribution in [0.1, 0.15) is 41.5 Å². The molecule has 2 heterocycles. The second-order valence-electron chi connectivity index (χ2n) is 6.69. The first kappa shape index (κ1) is 17.1. The lowest BCUT2D eigenvalue weighted by Crippen LogP contribution is -2.47. The third-order valence-electron chi connectivity index (χ3n) is 4.84. The molecule has 3 rings (SSSR count). The van der Waals surface area contributed by atoms with Crippen LogP contribution in [-0.4, -0.2) is 49.5 Å². The molecular weight excluding hydrogens is 320 g/mol. The number of carbonyl (C=O) groups excluding carboxylic acids is 1. The number of hydrogen-bond donors (Lipinski definition) is 1. The van der Waals surface area contributed by atoms with E-state index in [2.05, 4.69) is 10.3 Å². The highest BCUT2D eigenvalue weighted by molar-refractivity contribution is 5.94. The van der Waals surface area contributed by atoms with E-state index >= 15 is 0 Å². The van der Waals surface area contributed by atoms with Gasteiger partial charge in [-0.05, 0) is 51.3 Å². The normalized spacial score (nSPS) is 20.5. The van der Waals surface area contributed by atoms with E-state index in [0.717, 1.165) is 11.3 Å². The van der Waals surface area contributed by atoms with E-state index < -0.39 is 11.9 Å². The van der Waals surface area contributed by atoms with Gasteiger partial charge in [0.15, 0.2) is 5.69 Å². The maximum Gasteiger partial charge on any atom is 0.308 e. The molecule has 0 radical (unpaired) electrons. The molecule has 1 aliphatic rings. The molecule has 1 amide bonds. The number of amides is 1. The van der Waals surface area contributed by atoms with Crippen molar-refractivity contribution in [3.05, 3.63) is 41.2 Å². The zero-order chi connectivity index (χ0) is 18.1. The summed E-state index contributed by atoms with van der Waals surface area (Å²) in [5.41, 5.74) is 2.87. The summed E-state index contributed by atoms with van der Waals surface area (Å²) in [6.07, 6.45) is 1.27. The smallest absolute Gasteiger partial charge is 0.308 e. The number of rotatable bonds is 3. The van der Waals surface area contributed by atoms with Crippen molar-refractivity contribution in [1.82, 2.24) is 19.9 Å². The van der Waals surface area contributed by atoms with Crippen molar-refractivity contribution in [3.63, 3.8) is 0 Å². The lowest BCUT2D eigenvalue weighted by molar-refractivity contribution is -0.143. The number of likely N-dealkylation sites (tertiary alicyclic amines) is 1. The van der Waals surface area contributed by atoms with Crippen LogP contribution in [0.3, 0.4) is 0 Å². The molecule has 1 aromatic heterocycles. The molecule has 25 heavy (non-hydrogen) atoms. The van der Waals surface area contributed by atoms with Gasteiger partial charge in [-0.2, -0.15) is 0 Å². The van der Waals surface area contributed by atoms with Crippen LogP contribution >= 0.6 is 0 Å². The summed E-state index contributed by atoms with van der Waals surface area (Å²) in [7, 11) is 0. The largest absolute Gasteiger partial charge is 0.481 e. The standard InChI is InChI=1S/C18H22N4O3/c1-11-5-4-6-15(9-11)22-13(3)16(19-20-22)17(23)21-10-14(18(24)25)8-7-12(21)2/h4-6,9,12,14H,7-8,10H2,1-3H3,(H,24,25). The highest BCUT2D eigenvalue weighted by atomic mass is 16.4. The number of carboxylic acids is 1. The zero-order valence-corrected chi connectivity index (χ0v) is 14.6. The Morgan fingerprint density at radius 3 is 2.68 bits per heavy atom. The van der Waals surface area contributed by atoms with E-state index in [0.29, 0.717) is 18.5 Å². The van der Waals surface area contributed by atoms with Crippen LogP contribution in [0.5, 0.6) is 0 Å². The van der Waals surface area contributed by atoms with Gasteiger partial charge >= 0.3 is 5.97 Å². The number of carboxylic acid groups (broad SMARTS) is 1. The number of aromatic nitrogens is 3. The third-order valence-corrected chi connectivity index (χ3v) is 4.84. The second kappa shape index (κ2) is 6.66. The quantitative estimate of drug-likeness (QED) is 0.924. The Labute approximate surface area is 146 Å². The van der Waals surface area contributed by atoms with Crippen LogP contribution in [-0.2, 0) is 4.79 Å².